The van der Waals surface area contributed by atoms with E-state index in [-0.39, 0.29) is 0 Å². The van der Waals surface area contributed by atoms with E-state index >= 15 is 0 Å². The molecule has 0 aliphatic heterocycles. The van der Waals surface area contributed by atoms with Crippen LogP contribution in [0.15, 0.2) is 0 Å². The molecule has 0 nitrogen and oxygen atoms in total. The molecule has 0 aromatic rings. The molecule has 0 aliphatic rings. The summed E-state index contributed by atoms with van der Waals surface area (Å²) in [6.45, 7) is 9.44. The van der Waals surface area contributed by atoms with Crippen molar-refractivity contribution >= 4 is 26.3 Å². The number of rotatable bonds is 14. The Labute approximate surface area is 142 Å². The monoisotopic (exact) mass is 414 g/mol. The molecule has 124 valence electrons. The van der Waals surface area contributed by atoms with Crippen LogP contribution in [-0.4, -0.2) is 24.6 Å². The molecule has 0 amide bonds. The molecule has 0 spiro atoms. The second-order valence-corrected chi connectivity index (χ2v) is 20.5. The van der Waals surface area contributed by atoms with Crippen LogP contribution >= 0.6 is 26.3 Å². The minimum atomic E-state index is -1.42. The Kier molecular flexibility index (Phi) is 12.4. The molecule has 20 heavy (non-hydrogen) atoms. The summed E-state index contributed by atoms with van der Waals surface area (Å²) >= 11 is 3.06. The van der Waals surface area contributed by atoms with Crippen molar-refractivity contribution in [3.05, 3.63) is 0 Å². The van der Waals surface area contributed by atoms with Crippen LogP contribution in [0.25, 0.3) is 0 Å². The Morgan fingerprint density at radius 1 is 0.500 bits per heavy atom. The van der Waals surface area contributed by atoms with Gasteiger partial charge in [-0.05, 0) is 0 Å². The predicted molar refractivity (Wildman–Crippen MR) is 109 cm³/mol. The zero-order valence-electron chi connectivity index (χ0n) is 14.7. The van der Waals surface area contributed by atoms with Gasteiger partial charge in [0.1, 0.15) is 0 Å². The summed E-state index contributed by atoms with van der Waals surface area (Å²) in [4.78, 5) is 0. The molecule has 0 rings (SSSR count). The summed E-state index contributed by atoms with van der Waals surface area (Å²) in [5.41, 5.74) is 0. The summed E-state index contributed by atoms with van der Waals surface area (Å²) in [5.74, 6) is 0. The molecule has 0 N–H and O–H groups in total. The first-order valence-electron chi connectivity index (χ1n) is 9.26. The molecular formula is C18H40IP. The molecule has 0 aliphatic carbocycles. The zero-order chi connectivity index (χ0) is 15.3. The van der Waals surface area contributed by atoms with Gasteiger partial charge in [0.25, 0.3) is 0 Å². The average molecular weight is 414 g/mol. The predicted octanol–water partition coefficient (Wildman–Crippen LogP) is 7.87. The molecule has 0 bridgehead atoms. The molecule has 0 unspecified atom stereocenters. The maximum absolute atomic E-state index is 3.06. The fraction of sp³-hybridized carbons (Fsp3) is 1.00. The van der Waals surface area contributed by atoms with Gasteiger partial charge < -0.3 is 0 Å². The molecule has 2 heteroatoms. The van der Waals surface area contributed by atoms with Crippen LogP contribution in [0.2, 0.25) is 0 Å². The summed E-state index contributed by atoms with van der Waals surface area (Å²) in [6, 6.07) is 0. The summed E-state index contributed by atoms with van der Waals surface area (Å²) in [7, 11) is 0. The van der Waals surface area contributed by atoms with Gasteiger partial charge in [-0.3, -0.25) is 0 Å². The number of halogens is 1. The van der Waals surface area contributed by atoms with Gasteiger partial charge >= 0.3 is 143 Å². The maximum atomic E-state index is 3.06. The van der Waals surface area contributed by atoms with E-state index in [2.05, 4.69) is 49.7 Å². The fourth-order valence-corrected chi connectivity index (χ4v) is 13.0. The van der Waals surface area contributed by atoms with Crippen molar-refractivity contribution in [2.75, 3.05) is 24.6 Å². The normalized spacial score (nSPS) is 14.2. The van der Waals surface area contributed by atoms with Gasteiger partial charge in [0.05, 0.1) is 0 Å². The average Bonchev–Trinajstić information content (AvgIpc) is 2.47. The van der Waals surface area contributed by atoms with Crippen LogP contribution in [-0.2, 0) is 0 Å². The first-order chi connectivity index (χ1) is 9.54. The first kappa shape index (κ1) is 21.2. The number of hydrogen-bond acceptors (Lipinski definition) is 0. The van der Waals surface area contributed by atoms with Crippen molar-refractivity contribution in [1.82, 2.24) is 0 Å². The Balaban J connectivity index is 4.77. The minimum absolute atomic E-state index is 1.37. The van der Waals surface area contributed by atoms with Crippen LogP contribution in [0.1, 0.15) is 91.9 Å². The summed E-state index contributed by atoms with van der Waals surface area (Å²) in [6.07, 6.45) is 20.7. The third-order valence-electron chi connectivity index (χ3n) is 4.78. The van der Waals surface area contributed by atoms with Crippen molar-refractivity contribution in [2.24, 2.45) is 0 Å². The van der Waals surface area contributed by atoms with E-state index in [0.29, 0.717) is 0 Å². The van der Waals surface area contributed by atoms with E-state index in [9.17, 15) is 0 Å². The SMILES string of the molecule is CCCCCCP(I)(CCCC)(CCCC)CCCC. The van der Waals surface area contributed by atoms with Gasteiger partial charge in [-0.15, -0.1) is 0 Å². The summed E-state index contributed by atoms with van der Waals surface area (Å²) < 4.78 is -1.42. The third-order valence-corrected chi connectivity index (χ3v) is 16.3. The second kappa shape index (κ2) is 11.7. The Morgan fingerprint density at radius 3 is 1.20 bits per heavy atom. The van der Waals surface area contributed by atoms with Crippen molar-refractivity contribution in [3.8, 4) is 0 Å². The topological polar surface area (TPSA) is 0 Å². The Morgan fingerprint density at radius 2 is 0.850 bits per heavy atom. The molecule has 0 atom stereocenters. The molecule has 0 aromatic carbocycles. The van der Waals surface area contributed by atoms with Crippen molar-refractivity contribution in [2.45, 2.75) is 91.9 Å². The van der Waals surface area contributed by atoms with Gasteiger partial charge in [-0.1, -0.05) is 0 Å². The van der Waals surface area contributed by atoms with Gasteiger partial charge in [0.15, 0.2) is 0 Å². The fourth-order valence-electron chi connectivity index (χ4n) is 3.26. The standard InChI is InChI=1S/C18H40IP/c1-5-9-13-14-18-20(19,15-10-6-2,16-11-7-3)17-12-8-4/h5-18H2,1-4H3. The molecule has 0 aromatic heterocycles. The Hall–Kier alpha value is 1.16. The van der Waals surface area contributed by atoms with Crippen LogP contribution in [0.5, 0.6) is 0 Å². The van der Waals surface area contributed by atoms with E-state index in [0.717, 1.165) is 0 Å². The van der Waals surface area contributed by atoms with E-state index in [1.165, 1.54) is 64.2 Å². The van der Waals surface area contributed by atoms with Crippen LogP contribution in [0.4, 0.5) is 0 Å². The van der Waals surface area contributed by atoms with Gasteiger partial charge in [-0.2, -0.15) is 0 Å². The van der Waals surface area contributed by atoms with E-state index in [1.807, 2.05) is 0 Å². The van der Waals surface area contributed by atoms with Crippen molar-refractivity contribution < 1.29 is 0 Å². The molecule has 0 radical (unpaired) electrons. The first-order valence-corrected chi connectivity index (χ1v) is 15.0. The molecular weight excluding hydrogens is 374 g/mol. The van der Waals surface area contributed by atoms with E-state index in [1.54, 1.807) is 24.6 Å². The number of unbranched alkanes of at least 4 members (excludes halogenated alkanes) is 6. The third kappa shape index (κ3) is 8.57. The van der Waals surface area contributed by atoms with E-state index < -0.39 is 4.25 Å². The van der Waals surface area contributed by atoms with Crippen LogP contribution in [0.3, 0.4) is 0 Å². The molecule has 0 fully saturated rings. The van der Waals surface area contributed by atoms with Crippen LogP contribution < -0.4 is 0 Å². The van der Waals surface area contributed by atoms with Crippen molar-refractivity contribution in [1.29, 1.82) is 0 Å². The van der Waals surface area contributed by atoms with Gasteiger partial charge in [0, 0.05) is 0 Å². The van der Waals surface area contributed by atoms with E-state index in [4.69, 9.17) is 0 Å². The molecule has 0 saturated carbocycles. The quantitative estimate of drug-likeness (QED) is 0.154. The molecule has 0 heterocycles. The zero-order valence-corrected chi connectivity index (χ0v) is 17.8. The Bertz CT molecular complexity index is 203. The van der Waals surface area contributed by atoms with Crippen molar-refractivity contribution in [3.63, 3.8) is 0 Å². The van der Waals surface area contributed by atoms with Gasteiger partial charge in [-0.25, -0.2) is 0 Å². The summed E-state index contributed by atoms with van der Waals surface area (Å²) in [5, 5.41) is 0. The number of hydrogen-bond donors (Lipinski definition) is 0. The molecule has 0 saturated heterocycles. The second-order valence-electron chi connectivity index (χ2n) is 6.84. The van der Waals surface area contributed by atoms with Gasteiger partial charge in [0.2, 0.25) is 0 Å². The van der Waals surface area contributed by atoms with Crippen LogP contribution in [0, 0.1) is 0 Å².